The summed E-state index contributed by atoms with van der Waals surface area (Å²) in [5.41, 5.74) is 2.42. The Morgan fingerprint density at radius 2 is 2.09 bits per heavy atom. The largest absolute Gasteiger partial charge is 0.465 e. The third-order valence-electron chi connectivity index (χ3n) is 3.33. The van der Waals surface area contributed by atoms with Crippen molar-refractivity contribution in [2.24, 2.45) is 0 Å². The second-order valence-corrected chi connectivity index (χ2v) is 6.37. The fourth-order valence-corrected chi connectivity index (χ4v) is 3.19. The fraction of sp³-hybridized carbons (Fsp3) is 0.188. The molecule has 0 saturated carbocycles. The number of ether oxygens (including phenoxy) is 1. The number of aromatic nitrogens is 2. The molecule has 3 rings (SSSR count). The maximum absolute atomic E-state index is 12.4. The van der Waals surface area contributed by atoms with E-state index in [1.165, 1.54) is 18.4 Å². The summed E-state index contributed by atoms with van der Waals surface area (Å²) in [6.45, 7) is 3.76. The van der Waals surface area contributed by atoms with Gasteiger partial charge in [-0.15, -0.1) is 11.3 Å². The first kappa shape index (κ1) is 15.2. The van der Waals surface area contributed by atoms with E-state index in [2.05, 4.69) is 10.3 Å². The van der Waals surface area contributed by atoms with Gasteiger partial charge in [0.2, 0.25) is 0 Å². The number of pyridine rings is 1. The van der Waals surface area contributed by atoms with E-state index in [0.29, 0.717) is 21.8 Å². The number of methoxy groups -OCH3 is 1. The molecule has 0 atom stereocenters. The van der Waals surface area contributed by atoms with Crippen LogP contribution in [0.3, 0.4) is 0 Å². The van der Waals surface area contributed by atoms with Crippen molar-refractivity contribution in [1.82, 2.24) is 9.38 Å². The highest BCUT2D eigenvalue weighted by molar-refractivity contribution is 7.16. The Kier molecular flexibility index (Phi) is 3.87. The van der Waals surface area contributed by atoms with Crippen molar-refractivity contribution >= 4 is 33.9 Å². The highest BCUT2D eigenvalue weighted by Crippen LogP contribution is 2.28. The Morgan fingerprint density at radius 3 is 2.83 bits per heavy atom. The number of anilines is 1. The lowest BCUT2D eigenvalue weighted by molar-refractivity contribution is 0.0602. The van der Waals surface area contributed by atoms with Crippen LogP contribution in [0, 0.1) is 13.8 Å². The molecule has 3 heterocycles. The SMILES string of the molecule is COC(=O)c1cc(C)sc1NC(=O)c1ccn2cc(C)nc2c1. The third kappa shape index (κ3) is 2.95. The zero-order chi connectivity index (χ0) is 16.6. The van der Waals surface area contributed by atoms with Gasteiger partial charge in [-0.05, 0) is 32.0 Å². The van der Waals surface area contributed by atoms with Crippen molar-refractivity contribution in [3.63, 3.8) is 0 Å². The molecule has 0 aliphatic rings. The number of carbonyl (C=O) groups is 2. The van der Waals surface area contributed by atoms with Gasteiger partial charge in [0.1, 0.15) is 10.6 Å². The maximum atomic E-state index is 12.4. The molecule has 7 heteroatoms. The number of thiophene rings is 1. The smallest absolute Gasteiger partial charge is 0.340 e. The van der Waals surface area contributed by atoms with Gasteiger partial charge in [-0.1, -0.05) is 0 Å². The molecule has 0 fully saturated rings. The van der Waals surface area contributed by atoms with Gasteiger partial charge in [0.25, 0.3) is 5.91 Å². The molecule has 0 radical (unpaired) electrons. The van der Waals surface area contributed by atoms with Gasteiger partial charge in [-0.3, -0.25) is 4.79 Å². The average molecular weight is 329 g/mol. The summed E-state index contributed by atoms with van der Waals surface area (Å²) in [6, 6.07) is 5.12. The van der Waals surface area contributed by atoms with Gasteiger partial charge in [0.05, 0.1) is 18.4 Å². The van der Waals surface area contributed by atoms with Gasteiger partial charge in [-0.2, -0.15) is 0 Å². The highest BCUT2D eigenvalue weighted by Gasteiger charge is 2.18. The van der Waals surface area contributed by atoms with Crippen molar-refractivity contribution in [1.29, 1.82) is 0 Å². The second-order valence-electron chi connectivity index (χ2n) is 5.11. The van der Waals surface area contributed by atoms with Crippen molar-refractivity contribution in [2.75, 3.05) is 12.4 Å². The van der Waals surface area contributed by atoms with Crippen LogP contribution >= 0.6 is 11.3 Å². The summed E-state index contributed by atoms with van der Waals surface area (Å²) >= 11 is 1.34. The summed E-state index contributed by atoms with van der Waals surface area (Å²) in [6.07, 6.45) is 3.67. The number of esters is 1. The Morgan fingerprint density at radius 1 is 1.30 bits per heavy atom. The summed E-state index contributed by atoms with van der Waals surface area (Å²) < 4.78 is 6.59. The molecule has 0 aliphatic heterocycles. The summed E-state index contributed by atoms with van der Waals surface area (Å²) in [5, 5.41) is 3.26. The molecule has 0 aliphatic carbocycles. The van der Waals surface area contributed by atoms with Crippen molar-refractivity contribution in [2.45, 2.75) is 13.8 Å². The molecule has 1 N–H and O–H groups in total. The van der Waals surface area contributed by atoms with Crippen LogP contribution in [0.25, 0.3) is 5.65 Å². The number of rotatable bonds is 3. The predicted octanol–water partition coefficient (Wildman–Crippen LogP) is 3.05. The number of fused-ring (bicyclic) bond motifs is 1. The number of amides is 1. The average Bonchev–Trinajstić information content (AvgIpc) is 3.07. The van der Waals surface area contributed by atoms with Crippen LogP contribution in [-0.4, -0.2) is 28.4 Å². The van der Waals surface area contributed by atoms with Crippen LogP contribution in [0.2, 0.25) is 0 Å². The van der Waals surface area contributed by atoms with Gasteiger partial charge >= 0.3 is 5.97 Å². The Hall–Kier alpha value is -2.67. The number of hydrogen-bond acceptors (Lipinski definition) is 5. The number of carbonyl (C=O) groups excluding carboxylic acids is 2. The zero-order valence-electron chi connectivity index (χ0n) is 12.9. The first-order valence-electron chi connectivity index (χ1n) is 6.93. The van der Waals surface area contributed by atoms with Gasteiger partial charge in [0, 0.05) is 22.8 Å². The van der Waals surface area contributed by atoms with E-state index in [4.69, 9.17) is 4.74 Å². The minimum absolute atomic E-state index is 0.292. The molecule has 118 valence electrons. The molecule has 23 heavy (non-hydrogen) atoms. The van der Waals surface area contributed by atoms with Crippen LogP contribution in [0.4, 0.5) is 5.00 Å². The lowest BCUT2D eigenvalue weighted by Gasteiger charge is -2.05. The highest BCUT2D eigenvalue weighted by atomic mass is 32.1. The molecule has 0 aromatic carbocycles. The van der Waals surface area contributed by atoms with E-state index < -0.39 is 5.97 Å². The minimum Gasteiger partial charge on any atom is -0.465 e. The van der Waals surface area contributed by atoms with Crippen LogP contribution in [0.1, 0.15) is 31.3 Å². The van der Waals surface area contributed by atoms with Crippen LogP contribution < -0.4 is 5.32 Å². The molecule has 0 unspecified atom stereocenters. The van der Waals surface area contributed by atoms with E-state index in [-0.39, 0.29) is 5.91 Å². The lowest BCUT2D eigenvalue weighted by atomic mass is 10.2. The number of nitrogens with zero attached hydrogens (tertiary/aromatic N) is 2. The van der Waals surface area contributed by atoms with Crippen LogP contribution in [-0.2, 0) is 4.74 Å². The molecule has 3 aromatic rings. The number of aryl methyl sites for hydroxylation is 2. The van der Waals surface area contributed by atoms with Gasteiger partial charge in [0.15, 0.2) is 0 Å². The van der Waals surface area contributed by atoms with Crippen LogP contribution in [0.5, 0.6) is 0 Å². The van der Waals surface area contributed by atoms with Crippen molar-refractivity contribution < 1.29 is 14.3 Å². The minimum atomic E-state index is -0.469. The molecule has 0 spiro atoms. The first-order valence-corrected chi connectivity index (χ1v) is 7.75. The Balaban J connectivity index is 1.90. The molecule has 0 bridgehead atoms. The van der Waals surface area contributed by atoms with E-state index in [1.807, 2.05) is 24.4 Å². The van der Waals surface area contributed by atoms with Crippen molar-refractivity contribution in [3.05, 3.63) is 52.3 Å². The maximum Gasteiger partial charge on any atom is 0.340 e. The number of hydrogen-bond donors (Lipinski definition) is 1. The normalized spacial score (nSPS) is 10.7. The summed E-state index contributed by atoms with van der Waals surface area (Å²) in [4.78, 5) is 29.5. The fourth-order valence-electron chi connectivity index (χ4n) is 2.29. The third-order valence-corrected chi connectivity index (χ3v) is 4.30. The van der Waals surface area contributed by atoms with Crippen LogP contribution in [0.15, 0.2) is 30.6 Å². The van der Waals surface area contributed by atoms with E-state index in [0.717, 1.165) is 10.6 Å². The first-order chi connectivity index (χ1) is 11.0. The van der Waals surface area contributed by atoms with E-state index in [9.17, 15) is 9.59 Å². The van der Waals surface area contributed by atoms with Gasteiger partial charge < -0.3 is 14.5 Å². The lowest BCUT2D eigenvalue weighted by Crippen LogP contribution is -2.14. The predicted molar refractivity (Wildman–Crippen MR) is 88.3 cm³/mol. The number of nitrogens with one attached hydrogen (secondary N) is 1. The molecule has 3 aromatic heterocycles. The summed E-state index contributed by atoms with van der Waals surface area (Å²) in [5.74, 6) is -0.760. The molecule has 0 saturated heterocycles. The topological polar surface area (TPSA) is 72.7 Å². The van der Waals surface area contributed by atoms with Gasteiger partial charge in [-0.25, -0.2) is 9.78 Å². The zero-order valence-corrected chi connectivity index (χ0v) is 13.7. The van der Waals surface area contributed by atoms with Crippen molar-refractivity contribution in [3.8, 4) is 0 Å². The molecular weight excluding hydrogens is 314 g/mol. The number of imidazole rings is 1. The molecule has 1 amide bonds. The molecular formula is C16H15N3O3S. The second kappa shape index (κ2) is 5.85. The quantitative estimate of drug-likeness (QED) is 0.750. The van der Waals surface area contributed by atoms with E-state index >= 15 is 0 Å². The van der Waals surface area contributed by atoms with E-state index in [1.54, 1.807) is 24.4 Å². The molecule has 6 nitrogen and oxygen atoms in total. The standard InChI is InChI=1S/C16H15N3O3S/c1-9-8-19-5-4-11(7-13(19)17-9)14(20)18-15-12(16(21)22-3)6-10(2)23-15/h4-8H,1-3H3,(H,18,20). The Bertz CT molecular complexity index is 911. The Labute approximate surface area is 136 Å². The summed E-state index contributed by atoms with van der Waals surface area (Å²) in [7, 11) is 1.31. The monoisotopic (exact) mass is 329 g/mol.